The Morgan fingerprint density at radius 3 is 2.39 bits per heavy atom. The maximum Gasteiger partial charge on any atom is 0.0406 e. The van der Waals surface area contributed by atoms with Gasteiger partial charge in [0.1, 0.15) is 0 Å². The summed E-state index contributed by atoms with van der Waals surface area (Å²) in [7, 11) is 0. The lowest BCUT2D eigenvalue weighted by Crippen LogP contribution is -2.06. The summed E-state index contributed by atoms with van der Waals surface area (Å²) in [5.41, 5.74) is 5.12. The average molecular weight is 260 g/mol. The fourth-order valence-corrected chi connectivity index (χ4v) is 2.13. The Labute approximate surface area is 114 Å². The second kappa shape index (κ2) is 5.92. The van der Waals surface area contributed by atoms with Crippen molar-refractivity contribution in [2.45, 2.75) is 20.3 Å². The molecule has 2 rings (SSSR count). The van der Waals surface area contributed by atoms with Gasteiger partial charge in [-0.1, -0.05) is 41.4 Å². The van der Waals surface area contributed by atoms with E-state index in [1.165, 1.54) is 22.4 Å². The molecule has 0 saturated heterocycles. The molecule has 0 aromatic heterocycles. The number of anilines is 1. The van der Waals surface area contributed by atoms with Crippen molar-refractivity contribution in [2.24, 2.45) is 0 Å². The zero-order valence-corrected chi connectivity index (χ0v) is 11.6. The van der Waals surface area contributed by atoms with Gasteiger partial charge in [-0.05, 0) is 49.6 Å². The molecule has 0 unspecified atom stereocenters. The summed E-state index contributed by atoms with van der Waals surface area (Å²) < 4.78 is 0. The van der Waals surface area contributed by atoms with Gasteiger partial charge in [0.2, 0.25) is 0 Å². The highest BCUT2D eigenvalue weighted by Gasteiger charge is 1.98. The van der Waals surface area contributed by atoms with Crippen LogP contribution in [0.5, 0.6) is 0 Å². The molecule has 94 valence electrons. The van der Waals surface area contributed by atoms with Gasteiger partial charge in [-0.2, -0.15) is 0 Å². The monoisotopic (exact) mass is 259 g/mol. The third kappa shape index (κ3) is 3.51. The van der Waals surface area contributed by atoms with E-state index in [9.17, 15) is 0 Å². The van der Waals surface area contributed by atoms with Gasteiger partial charge in [-0.3, -0.25) is 0 Å². The molecule has 0 amide bonds. The third-order valence-electron chi connectivity index (χ3n) is 3.02. The van der Waals surface area contributed by atoms with Crippen LogP contribution in [0.2, 0.25) is 5.02 Å². The summed E-state index contributed by atoms with van der Waals surface area (Å²) in [6, 6.07) is 14.5. The van der Waals surface area contributed by atoms with E-state index in [0.717, 1.165) is 18.0 Å². The van der Waals surface area contributed by atoms with Crippen LogP contribution in [0.4, 0.5) is 5.69 Å². The number of aryl methyl sites for hydroxylation is 2. The molecule has 2 aromatic rings. The number of nitrogens with one attached hydrogen (secondary N) is 1. The Bertz CT molecular complexity index is 517. The Kier molecular flexibility index (Phi) is 4.27. The highest BCUT2D eigenvalue weighted by atomic mass is 35.5. The molecular weight excluding hydrogens is 242 g/mol. The third-order valence-corrected chi connectivity index (χ3v) is 3.28. The van der Waals surface area contributed by atoms with E-state index >= 15 is 0 Å². The fraction of sp³-hybridized carbons (Fsp3) is 0.250. The van der Waals surface area contributed by atoms with Gasteiger partial charge in [0.05, 0.1) is 0 Å². The van der Waals surface area contributed by atoms with Gasteiger partial charge in [-0.15, -0.1) is 0 Å². The fourth-order valence-electron chi connectivity index (χ4n) is 2.00. The van der Waals surface area contributed by atoms with Gasteiger partial charge in [0.25, 0.3) is 0 Å². The number of benzene rings is 2. The van der Waals surface area contributed by atoms with Gasteiger partial charge < -0.3 is 5.32 Å². The van der Waals surface area contributed by atoms with Gasteiger partial charge in [-0.25, -0.2) is 0 Å². The van der Waals surface area contributed by atoms with Crippen molar-refractivity contribution >= 4 is 17.3 Å². The molecule has 0 atom stereocenters. The summed E-state index contributed by atoms with van der Waals surface area (Å²) in [6.07, 6.45) is 1.00. The summed E-state index contributed by atoms with van der Waals surface area (Å²) in [4.78, 5) is 0. The molecule has 2 heteroatoms. The first kappa shape index (κ1) is 13.0. The molecular formula is C16H18ClN. The predicted octanol–water partition coefficient (Wildman–Crippen LogP) is 4.61. The first-order valence-corrected chi connectivity index (χ1v) is 6.58. The van der Waals surface area contributed by atoms with Crippen LogP contribution in [-0.4, -0.2) is 6.54 Å². The molecule has 0 fully saturated rings. The first-order valence-electron chi connectivity index (χ1n) is 6.21. The van der Waals surface area contributed by atoms with Crippen molar-refractivity contribution in [2.75, 3.05) is 11.9 Å². The number of rotatable bonds is 4. The zero-order chi connectivity index (χ0) is 13.0. The van der Waals surface area contributed by atoms with Crippen molar-refractivity contribution in [3.8, 4) is 0 Å². The molecule has 0 bridgehead atoms. The number of hydrogen-bond donors (Lipinski definition) is 1. The van der Waals surface area contributed by atoms with E-state index in [4.69, 9.17) is 11.6 Å². The molecule has 0 spiro atoms. The highest BCUT2D eigenvalue weighted by molar-refractivity contribution is 6.30. The second-order valence-electron chi connectivity index (χ2n) is 4.62. The standard InChI is InChI=1S/C16H18ClN/c1-12-3-8-16(13(2)11-12)18-10-9-14-4-6-15(17)7-5-14/h3-8,11,18H,9-10H2,1-2H3. The zero-order valence-electron chi connectivity index (χ0n) is 10.8. The SMILES string of the molecule is Cc1ccc(NCCc2ccc(Cl)cc2)c(C)c1. The topological polar surface area (TPSA) is 12.0 Å². The van der Waals surface area contributed by atoms with E-state index in [2.05, 4.69) is 49.5 Å². The van der Waals surface area contributed by atoms with Crippen LogP contribution in [0.15, 0.2) is 42.5 Å². The lowest BCUT2D eigenvalue weighted by Gasteiger charge is -2.10. The Hall–Kier alpha value is -1.47. The average Bonchev–Trinajstić information content (AvgIpc) is 2.34. The predicted molar refractivity (Wildman–Crippen MR) is 79.6 cm³/mol. The van der Waals surface area contributed by atoms with Crippen molar-refractivity contribution in [1.82, 2.24) is 0 Å². The van der Waals surface area contributed by atoms with Gasteiger partial charge in [0, 0.05) is 17.3 Å². The minimum atomic E-state index is 0.793. The van der Waals surface area contributed by atoms with Crippen LogP contribution in [0.25, 0.3) is 0 Å². The minimum absolute atomic E-state index is 0.793. The molecule has 0 radical (unpaired) electrons. The summed E-state index contributed by atoms with van der Waals surface area (Å²) in [5.74, 6) is 0. The summed E-state index contributed by atoms with van der Waals surface area (Å²) in [5, 5.41) is 4.26. The maximum atomic E-state index is 5.86. The number of hydrogen-bond acceptors (Lipinski definition) is 1. The van der Waals surface area contributed by atoms with Gasteiger partial charge >= 0.3 is 0 Å². The summed E-state index contributed by atoms with van der Waals surface area (Å²) in [6.45, 7) is 5.19. The Balaban J connectivity index is 1.90. The molecule has 0 aliphatic heterocycles. The van der Waals surface area contributed by atoms with Crippen molar-refractivity contribution in [3.05, 3.63) is 64.2 Å². The van der Waals surface area contributed by atoms with E-state index in [1.807, 2.05) is 12.1 Å². The van der Waals surface area contributed by atoms with Gasteiger partial charge in [0.15, 0.2) is 0 Å². The second-order valence-corrected chi connectivity index (χ2v) is 5.06. The quantitative estimate of drug-likeness (QED) is 0.845. The molecule has 0 aliphatic rings. The molecule has 1 nitrogen and oxygen atoms in total. The van der Waals surface area contributed by atoms with Crippen LogP contribution >= 0.6 is 11.6 Å². The van der Waals surface area contributed by atoms with Crippen LogP contribution in [0.3, 0.4) is 0 Å². The Morgan fingerprint density at radius 1 is 1.00 bits per heavy atom. The van der Waals surface area contributed by atoms with Crippen LogP contribution in [0.1, 0.15) is 16.7 Å². The van der Waals surface area contributed by atoms with Crippen LogP contribution < -0.4 is 5.32 Å². The molecule has 1 N–H and O–H groups in total. The molecule has 0 heterocycles. The van der Waals surface area contributed by atoms with E-state index in [-0.39, 0.29) is 0 Å². The van der Waals surface area contributed by atoms with E-state index in [0.29, 0.717) is 0 Å². The first-order chi connectivity index (χ1) is 8.65. The normalized spacial score (nSPS) is 10.4. The smallest absolute Gasteiger partial charge is 0.0406 e. The molecule has 0 aliphatic carbocycles. The minimum Gasteiger partial charge on any atom is -0.384 e. The van der Waals surface area contributed by atoms with Crippen molar-refractivity contribution in [3.63, 3.8) is 0 Å². The molecule has 0 saturated carbocycles. The maximum absolute atomic E-state index is 5.86. The molecule has 2 aromatic carbocycles. The van der Waals surface area contributed by atoms with E-state index < -0.39 is 0 Å². The molecule has 18 heavy (non-hydrogen) atoms. The largest absolute Gasteiger partial charge is 0.384 e. The Morgan fingerprint density at radius 2 is 1.72 bits per heavy atom. The van der Waals surface area contributed by atoms with Crippen molar-refractivity contribution in [1.29, 1.82) is 0 Å². The summed E-state index contributed by atoms with van der Waals surface area (Å²) >= 11 is 5.86. The van der Waals surface area contributed by atoms with Crippen LogP contribution in [0, 0.1) is 13.8 Å². The van der Waals surface area contributed by atoms with Crippen LogP contribution in [-0.2, 0) is 6.42 Å². The lowest BCUT2D eigenvalue weighted by atomic mass is 10.1. The lowest BCUT2D eigenvalue weighted by molar-refractivity contribution is 1.02. The number of halogens is 1. The highest BCUT2D eigenvalue weighted by Crippen LogP contribution is 2.16. The van der Waals surface area contributed by atoms with E-state index in [1.54, 1.807) is 0 Å². The van der Waals surface area contributed by atoms with Crippen molar-refractivity contribution < 1.29 is 0 Å².